The fraction of sp³-hybridized carbons (Fsp3) is 0.694. The summed E-state index contributed by atoms with van der Waals surface area (Å²) in [5.74, 6) is -0.386. The SMILES string of the molecule is C.C=C1N=C(N)C=CN1[C@@H]1O[C@]2(CC)COP(=O)(OCSC(=O)C(C)(C)C)OC2[C@H]1F.CC[C@@]12COP(=O)(OCOC(=O)C(C)(C)C)OC1[C@@H](F)[C@H](n1ccc(N)nc1=O)O2. The number of ether oxygens (including phenoxy) is 3. The lowest BCUT2D eigenvalue weighted by molar-refractivity contribution is -0.167. The van der Waals surface area contributed by atoms with Crippen LogP contribution in [0.1, 0.15) is 81.9 Å². The fourth-order valence-corrected chi connectivity index (χ4v) is 10.0. The normalized spacial score (nSPS) is 34.6. The number of nitrogens with two attached hydrogens (primary N) is 2. The number of alkyl halides is 2. The van der Waals surface area contributed by atoms with Gasteiger partial charge < -0.3 is 30.6 Å². The minimum atomic E-state index is -4.24. The molecule has 25 heteroatoms. The number of hydrogen-bond acceptors (Lipinski definition) is 20. The first-order chi connectivity index (χ1) is 27.8. The van der Waals surface area contributed by atoms with E-state index in [0.717, 1.165) is 16.3 Å². The van der Waals surface area contributed by atoms with Crippen molar-refractivity contribution in [3.05, 3.63) is 47.4 Å². The van der Waals surface area contributed by atoms with E-state index in [4.69, 9.17) is 52.8 Å². The number of hydrogen-bond donors (Lipinski definition) is 2. The van der Waals surface area contributed by atoms with Crippen LogP contribution in [0.2, 0.25) is 0 Å². The van der Waals surface area contributed by atoms with Gasteiger partial charge in [0.1, 0.15) is 46.8 Å². The van der Waals surface area contributed by atoms with E-state index in [-0.39, 0.29) is 55.6 Å². The van der Waals surface area contributed by atoms with Crippen LogP contribution in [0.4, 0.5) is 14.6 Å². The number of fused-ring (bicyclic) bond motifs is 2. The Hall–Kier alpha value is -3.08. The molecule has 1 aromatic heterocycles. The van der Waals surface area contributed by atoms with Crippen molar-refractivity contribution >= 4 is 50.1 Å². The number of thioether (sulfide) groups is 1. The zero-order valence-corrected chi connectivity index (χ0v) is 37.0. The third-order valence-electron chi connectivity index (χ3n) is 9.88. The first-order valence-corrected chi connectivity index (χ1v) is 22.7. The number of amidine groups is 1. The Labute approximate surface area is 357 Å². The van der Waals surface area contributed by atoms with Gasteiger partial charge in [-0.2, -0.15) is 4.98 Å². The Morgan fingerprint density at radius 3 is 2.00 bits per heavy atom. The van der Waals surface area contributed by atoms with Gasteiger partial charge in [-0.25, -0.2) is 32.2 Å². The van der Waals surface area contributed by atoms with E-state index >= 15 is 8.78 Å². The van der Waals surface area contributed by atoms with E-state index in [1.54, 1.807) is 55.4 Å². The highest BCUT2D eigenvalue weighted by Gasteiger charge is 2.64. The molecule has 61 heavy (non-hydrogen) atoms. The van der Waals surface area contributed by atoms with Crippen LogP contribution in [-0.4, -0.2) is 99.3 Å². The monoisotopic (exact) mass is 928 g/mol. The van der Waals surface area contributed by atoms with Crippen LogP contribution >= 0.6 is 27.4 Å². The molecule has 20 nitrogen and oxygen atoms in total. The summed E-state index contributed by atoms with van der Waals surface area (Å²) >= 11 is 0.856. The lowest BCUT2D eigenvalue weighted by Crippen LogP contribution is -2.49. The molecule has 0 aromatic carbocycles. The molecule has 10 atom stereocenters. The van der Waals surface area contributed by atoms with Crippen LogP contribution in [0.5, 0.6) is 0 Å². The lowest BCUT2D eigenvalue weighted by Gasteiger charge is -2.39. The number of carbonyl (C=O) groups is 2. The van der Waals surface area contributed by atoms with Crippen molar-refractivity contribution in [2.24, 2.45) is 21.6 Å². The maximum atomic E-state index is 15.4. The summed E-state index contributed by atoms with van der Waals surface area (Å²) in [5, 5.41) is -0.142. The second-order valence-corrected chi connectivity index (χ2v) is 20.4. The molecule has 0 aliphatic carbocycles. The number of phosphoric ester groups is 2. The van der Waals surface area contributed by atoms with E-state index in [2.05, 4.69) is 16.6 Å². The van der Waals surface area contributed by atoms with Gasteiger partial charge in [0.2, 0.25) is 6.79 Å². The van der Waals surface area contributed by atoms with Crippen molar-refractivity contribution in [1.82, 2.24) is 14.5 Å². The molecule has 4 fully saturated rings. The molecular formula is C36H56F2N6O14P2S. The van der Waals surface area contributed by atoms with Gasteiger partial charge in [-0.15, -0.1) is 0 Å². The van der Waals surface area contributed by atoms with Gasteiger partial charge >= 0.3 is 27.3 Å². The largest absolute Gasteiger partial charge is 0.478 e. The molecule has 4 unspecified atom stereocenters. The molecule has 0 saturated carbocycles. The quantitative estimate of drug-likeness (QED) is 0.158. The lowest BCUT2D eigenvalue weighted by atomic mass is 9.94. The Morgan fingerprint density at radius 2 is 1.49 bits per heavy atom. The van der Waals surface area contributed by atoms with Gasteiger partial charge in [0.15, 0.2) is 29.9 Å². The third kappa shape index (κ3) is 11.0. The second kappa shape index (κ2) is 18.9. The summed E-state index contributed by atoms with van der Waals surface area (Å²) in [7, 11) is -8.32. The highest BCUT2D eigenvalue weighted by atomic mass is 32.2. The number of anilines is 1. The zero-order valence-electron chi connectivity index (χ0n) is 34.4. The molecule has 6 heterocycles. The van der Waals surface area contributed by atoms with Crippen molar-refractivity contribution in [1.29, 1.82) is 0 Å². The van der Waals surface area contributed by atoms with Gasteiger partial charge in [-0.05, 0) is 45.8 Å². The Morgan fingerprint density at radius 1 is 0.951 bits per heavy atom. The van der Waals surface area contributed by atoms with Gasteiger partial charge in [-0.3, -0.25) is 36.8 Å². The van der Waals surface area contributed by atoms with Crippen LogP contribution in [0, 0.1) is 10.8 Å². The molecule has 1 aromatic rings. The topological polar surface area (TPSA) is 254 Å². The van der Waals surface area contributed by atoms with Crippen LogP contribution in [0.3, 0.4) is 0 Å². The summed E-state index contributed by atoms with van der Waals surface area (Å²) in [4.78, 5) is 44.9. The van der Waals surface area contributed by atoms with Crippen molar-refractivity contribution in [3.63, 3.8) is 0 Å². The molecule has 0 spiro atoms. The van der Waals surface area contributed by atoms with E-state index in [1.807, 2.05) is 0 Å². The molecule has 5 aliphatic heterocycles. The van der Waals surface area contributed by atoms with Gasteiger partial charge in [0.05, 0.1) is 18.6 Å². The van der Waals surface area contributed by atoms with Crippen LogP contribution in [0.15, 0.2) is 46.7 Å². The van der Waals surface area contributed by atoms with Crippen molar-refractivity contribution < 1.29 is 68.9 Å². The predicted octanol–water partition coefficient (Wildman–Crippen LogP) is 5.86. The number of aliphatic imine (C=N–C) groups is 1. The minimum absolute atomic E-state index is 0. The molecule has 0 bridgehead atoms. The molecule has 0 amide bonds. The molecule has 4 N–H and O–H groups in total. The highest BCUT2D eigenvalue weighted by Crippen LogP contribution is 2.62. The van der Waals surface area contributed by atoms with Crippen molar-refractivity contribution in [2.45, 2.75) is 124 Å². The second-order valence-electron chi connectivity index (χ2n) is 16.3. The van der Waals surface area contributed by atoms with Crippen LogP contribution in [0.25, 0.3) is 0 Å². The fourth-order valence-electron chi connectivity index (χ4n) is 6.27. The van der Waals surface area contributed by atoms with Crippen LogP contribution < -0.4 is 17.2 Å². The number of nitrogens with zero attached hydrogens (tertiary/aromatic N) is 4. The predicted molar refractivity (Wildman–Crippen MR) is 219 cm³/mol. The molecule has 6 rings (SSSR count). The maximum Gasteiger partial charge on any atom is 0.478 e. The average Bonchev–Trinajstić information content (AvgIpc) is 3.61. The van der Waals surface area contributed by atoms with Crippen molar-refractivity contribution in [2.75, 3.05) is 31.7 Å². The third-order valence-corrected chi connectivity index (χ3v) is 13.9. The number of carbonyl (C=O) groups excluding carboxylic acids is 2. The molecule has 0 radical (unpaired) electrons. The number of nitrogen functional groups attached to an aromatic ring is 1. The minimum Gasteiger partial charge on any atom is -0.437 e. The van der Waals surface area contributed by atoms with E-state index in [0.29, 0.717) is 6.42 Å². The Kier molecular flexibility index (Phi) is 15.7. The highest BCUT2D eigenvalue weighted by molar-refractivity contribution is 8.13. The summed E-state index contributed by atoms with van der Waals surface area (Å²) in [6, 6.07) is 1.33. The zero-order chi connectivity index (χ0) is 44.6. The first kappa shape index (κ1) is 50.6. The average molecular weight is 929 g/mol. The maximum absolute atomic E-state index is 15.4. The van der Waals surface area contributed by atoms with Gasteiger partial charge in [-0.1, -0.05) is 60.4 Å². The molecular weight excluding hydrogens is 872 g/mol. The van der Waals surface area contributed by atoms with Crippen molar-refractivity contribution in [3.8, 4) is 0 Å². The van der Waals surface area contributed by atoms with E-state index < -0.39 is 93.1 Å². The molecule has 4 saturated heterocycles. The first-order valence-electron chi connectivity index (χ1n) is 18.8. The molecule has 5 aliphatic rings. The summed E-state index contributed by atoms with van der Waals surface area (Å²) in [6.45, 7) is 16.3. The number of phosphoric acid groups is 2. The number of aromatic nitrogens is 2. The number of rotatable bonds is 10. The Bertz CT molecular complexity index is 2030. The summed E-state index contributed by atoms with van der Waals surface area (Å²) in [5.41, 5.74) is 6.47. The number of halogens is 2. The standard InChI is InChI=1S/C18H27FN3O6PS.C17H25FN3O8P.CH4/c1-6-18-9-25-29(24,26-10-30-16(23)17(3,4)5)28-14(18)13(19)15(27-18)22-8-7-12(20)21-11(22)2;1-5-17-8-26-30(24,27-9-25-14(22)16(2,3)4)29-12(17)11(18)13(28-17)21-7-6-10(19)20-15(21)23;/h7-8,13-15H,2,6,9-10H2,1,3-5H3,(H2,20,21);6-7,11-13H,5,8-9H2,1-4H3,(H2,19,20,23);1H4/t13-,14?,15-,18-,29?;11-,12?,13-,17-,30?;/m11./s1. The van der Waals surface area contributed by atoms with Gasteiger partial charge in [0, 0.05) is 17.8 Å². The van der Waals surface area contributed by atoms with Crippen LogP contribution in [-0.2, 0) is 60.1 Å². The summed E-state index contributed by atoms with van der Waals surface area (Å²) < 4.78 is 106. The van der Waals surface area contributed by atoms with E-state index in [1.165, 1.54) is 29.4 Å². The van der Waals surface area contributed by atoms with Gasteiger partial charge in [0.25, 0.3) is 0 Å². The van der Waals surface area contributed by atoms with E-state index in [9.17, 15) is 23.5 Å². The molecule has 344 valence electrons. The smallest absolute Gasteiger partial charge is 0.437 e. The Balaban J connectivity index is 0.000000264. The summed E-state index contributed by atoms with van der Waals surface area (Å²) in [6.07, 6.45) is -3.75. The number of esters is 1.